The lowest BCUT2D eigenvalue weighted by molar-refractivity contribution is -0.0573. The van der Waals surface area contributed by atoms with E-state index in [0.717, 1.165) is 6.42 Å². The fourth-order valence-electron chi connectivity index (χ4n) is 1.15. The minimum atomic E-state index is -0.362. The average Bonchev–Trinajstić information content (AvgIpc) is 1.95. The minimum Gasteiger partial charge on any atom is -0.391 e. The molecule has 60 valence electrons. The van der Waals surface area contributed by atoms with Crippen LogP contribution < -0.4 is 5.73 Å². The summed E-state index contributed by atoms with van der Waals surface area (Å²) in [5.41, 5.74) is 5.52. The van der Waals surface area contributed by atoms with E-state index in [0.29, 0.717) is 13.0 Å². The molecule has 1 aliphatic heterocycles. The van der Waals surface area contributed by atoms with Crippen LogP contribution in [0.15, 0.2) is 0 Å². The van der Waals surface area contributed by atoms with E-state index in [-0.39, 0.29) is 18.2 Å². The van der Waals surface area contributed by atoms with Crippen LogP contribution in [0.1, 0.15) is 19.8 Å². The van der Waals surface area contributed by atoms with Gasteiger partial charge in [0.1, 0.15) is 0 Å². The summed E-state index contributed by atoms with van der Waals surface area (Å²) in [6.45, 7) is 2.55. The molecule has 1 fully saturated rings. The summed E-state index contributed by atoms with van der Waals surface area (Å²) in [7, 11) is 0. The summed E-state index contributed by atoms with van der Waals surface area (Å²) in [4.78, 5) is 0. The second-order valence-corrected chi connectivity index (χ2v) is 2.83. The number of hydrogen-bond donors (Lipinski definition) is 2. The maximum absolute atomic E-state index is 9.27. The van der Waals surface area contributed by atoms with Gasteiger partial charge in [-0.15, -0.1) is 0 Å². The van der Waals surface area contributed by atoms with Crippen LogP contribution in [0.25, 0.3) is 0 Å². The van der Waals surface area contributed by atoms with Crippen molar-refractivity contribution in [1.29, 1.82) is 0 Å². The highest BCUT2D eigenvalue weighted by atomic mass is 16.5. The third-order valence-electron chi connectivity index (χ3n) is 1.98. The first-order chi connectivity index (χ1) is 4.74. The van der Waals surface area contributed by atoms with E-state index in [1.54, 1.807) is 0 Å². The zero-order valence-electron chi connectivity index (χ0n) is 6.29. The normalized spacial score (nSPS) is 41.7. The second-order valence-electron chi connectivity index (χ2n) is 2.83. The van der Waals surface area contributed by atoms with Crippen LogP contribution >= 0.6 is 0 Å². The van der Waals surface area contributed by atoms with Crippen molar-refractivity contribution >= 4 is 0 Å². The zero-order chi connectivity index (χ0) is 7.56. The van der Waals surface area contributed by atoms with Crippen LogP contribution in [0.4, 0.5) is 0 Å². The van der Waals surface area contributed by atoms with Crippen LogP contribution in [0.3, 0.4) is 0 Å². The van der Waals surface area contributed by atoms with Crippen molar-refractivity contribution in [3.63, 3.8) is 0 Å². The molecule has 0 bridgehead atoms. The van der Waals surface area contributed by atoms with Crippen LogP contribution in [-0.2, 0) is 4.74 Å². The van der Waals surface area contributed by atoms with Gasteiger partial charge >= 0.3 is 0 Å². The zero-order valence-corrected chi connectivity index (χ0v) is 6.29. The molecular formula is C7H15NO2. The third kappa shape index (κ3) is 1.68. The van der Waals surface area contributed by atoms with E-state index in [1.165, 1.54) is 0 Å². The number of nitrogens with two attached hydrogens (primary N) is 1. The largest absolute Gasteiger partial charge is 0.391 e. The Kier molecular flexibility index (Phi) is 2.65. The standard InChI is InChI=1S/C7H15NO2/c1-2-5-3-7(9)6(8)4-10-5/h5-7,9H,2-4,8H2,1H3. The van der Waals surface area contributed by atoms with Gasteiger partial charge in [-0.3, -0.25) is 0 Å². The molecule has 0 aromatic carbocycles. The van der Waals surface area contributed by atoms with Crippen molar-refractivity contribution in [2.45, 2.75) is 38.0 Å². The summed E-state index contributed by atoms with van der Waals surface area (Å²) in [5.74, 6) is 0. The SMILES string of the molecule is CCC1CC(O)C(N)CO1. The van der Waals surface area contributed by atoms with Crippen LogP contribution in [0.5, 0.6) is 0 Å². The van der Waals surface area contributed by atoms with Gasteiger partial charge in [0.05, 0.1) is 24.9 Å². The van der Waals surface area contributed by atoms with Crippen molar-refractivity contribution in [2.75, 3.05) is 6.61 Å². The van der Waals surface area contributed by atoms with E-state index in [1.807, 2.05) is 6.92 Å². The molecule has 1 aliphatic rings. The molecule has 0 amide bonds. The molecule has 10 heavy (non-hydrogen) atoms. The lowest BCUT2D eigenvalue weighted by Crippen LogP contribution is -2.46. The number of aliphatic hydroxyl groups excluding tert-OH is 1. The molecule has 0 aromatic heterocycles. The fourth-order valence-corrected chi connectivity index (χ4v) is 1.15. The molecule has 1 rings (SSSR count). The quantitative estimate of drug-likeness (QED) is 0.540. The number of hydrogen-bond acceptors (Lipinski definition) is 3. The minimum absolute atomic E-state index is 0.178. The van der Waals surface area contributed by atoms with E-state index in [9.17, 15) is 5.11 Å². The Balaban J connectivity index is 2.33. The summed E-state index contributed by atoms with van der Waals surface area (Å²) in [5, 5.41) is 9.27. The van der Waals surface area contributed by atoms with Gasteiger partial charge in [-0.05, 0) is 6.42 Å². The van der Waals surface area contributed by atoms with E-state index >= 15 is 0 Å². The number of rotatable bonds is 1. The fraction of sp³-hybridized carbons (Fsp3) is 1.00. The molecule has 0 spiro atoms. The van der Waals surface area contributed by atoms with Gasteiger partial charge in [0.15, 0.2) is 0 Å². The summed E-state index contributed by atoms with van der Waals surface area (Å²) >= 11 is 0. The van der Waals surface area contributed by atoms with Crippen molar-refractivity contribution in [3.05, 3.63) is 0 Å². The first kappa shape index (κ1) is 7.98. The molecule has 3 atom stereocenters. The Morgan fingerprint density at radius 3 is 2.90 bits per heavy atom. The van der Waals surface area contributed by atoms with E-state index < -0.39 is 0 Å². The Morgan fingerprint density at radius 2 is 2.40 bits per heavy atom. The van der Waals surface area contributed by atoms with Gasteiger partial charge in [0.2, 0.25) is 0 Å². The van der Waals surface area contributed by atoms with Crippen LogP contribution in [-0.4, -0.2) is 30.0 Å². The molecule has 3 N–H and O–H groups in total. The maximum atomic E-state index is 9.27. The molecule has 0 saturated carbocycles. The molecule has 0 aliphatic carbocycles. The van der Waals surface area contributed by atoms with Crippen molar-refractivity contribution in [3.8, 4) is 0 Å². The topological polar surface area (TPSA) is 55.5 Å². The maximum Gasteiger partial charge on any atom is 0.0738 e. The smallest absolute Gasteiger partial charge is 0.0738 e. The van der Waals surface area contributed by atoms with Crippen LogP contribution in [0.2, 0.25) is 0 Å². The second kappa shape index (κ2) is 3.32. The highest BCUT2D eigenvalue weighted by Gasteiger charge is 2.25. The van der Waals surface area contributed by atoms with Crippen molar-refractivity contribution in [2.24, 2.45) is 5.73 Å². The summed E-state index contributed by atoms with van der Waals surface area (Å²) < 4.78 is 5.32. The predicted octanol–water partition coefficient (Wildman–Crippen LogP) is -0.127. The first-order valence-corrected chi connectivity index (χ1v) is 3.79. The highest BCUT2D eigenvalue weighted by molar-refractivity contribution is 4.79. The Morgan fingerprint density at radius 1 is 1.70 bits per heavy atom. The molecule has 3 nitrogen and oxygen atoms in total. The van der Waals surface area contributed by atoms with E-state index in [4.69, 9.17) is 10.5 Å². The van der Waals surface area contributed by atoms with Crippen molar-refractivity contribution in [1.82, 2.24) is 0 Å². The van der Waals surface area contributed by atoms with Gasteiger partial charge in [-0.2, -0.15) is 0 Å². The monoisotopic (exact) mass is 145 g/mol. The third-order valence-corrected chi connectivity index (χ3v) is 1.98. The van der Waals surface area contributed by atoms with Gasteiger partial charge in [0, 0.05) is 6.42 Å². The Labute approximate surface area is 61.2 Å². The average molecular weight is 145 g/mol. The Bertz CT molecular complexity index is 108. The predicted molar refractivity (Wildman–Crippen MR) is 38.6 cm³/mol. The van der Waals surface area contributed by atoms with Gasteiger partial charge in [-0.1, -0.05) is 6.92 Å². The number of aliphatic hydroxyl groups is 1. The van der Waals surface area contributed by atoms with Gasteiger partial charge in [0.25, 0.3) is 0 Å². The molecule has 3 heteroatoms. The van der Waals surface area contributed by atoms with Gasteiger partial charge < -0.3 is 15.6 Å². The Hall–Kier alpha value is -0.120. The molecule has 1 heterocycles. The molecule has 1 saturated heterocycles. The van der Waals surface area contributed by atoms with Crippen LogP contribution in [0, 0.1) is 0 Å². The molecule has 0 radical (unpaired) electrons. The molecular weight excluding hydrogens is 130 g/mol. The van der Waals surface area contributed by atoms with Crippen molar-refractivity contribution < 1.29 is 9.84 Å². The van der Waals surface area contributed by atoms with Gasteiger partial charge in [-0.25, -0.2) is 0 Å². The molecule has 0 aromatic rings. The molecule has 3 unspecified atom stereocenters. The highest BCUT2D eigenvalue weighted by Crippen LogP contribution is 2.14. The lowest BCUT2D eigenvalue weighted by Gasteiger charge is -2.30. The summed E-state index contributed by atoms with van der Waals surface area (Å²) in [6.07, 6.45) is 1.51. The lowest BCUT2D eigenvalue weighted by atomic mass is 10.0. The van der Waals surface area contributed by atoms with E-state index in [2.05, 4.69) is 0 Å². The summed E-state index contributed by atoms with van der Waals surface area (Å²) in [6, 6.07) is -0.178. The number of ether oxygens (including phenoxy) is 1. The first-order valence-electron chi connectivity index (χ1n) is 3.79.